The molecule has 1 aliphatic heterocycles. The van der Waals surface area contributed by atoms with E-state index in [1.807, 2.05) is 43.3 Å². The molecule has 4 saturated carbocycles. The van der Waals surface area contributed by atoms with Gasteiger partial charge in [-0.1, -0.05) is 29.8 Å². The molecule has 1 saturated heterocycles. The third-order valence-electron chi connectivity index (χ3n) is 8.67. The van der Waals surface area contributed by atoms with Gasteiger partial charge in [0, 0.05) is 18.1 Å². The Morgan fingerprint density at radius 1 is 1.12 bits per heavy atom. The van der Waals surface area contributed by atoms with E-state index < -0.39 is 0 Å². The van der Waals surface area contributed by atoms with Gasteiger partial charge in [-0.25, -0.2) is 0 Å². The minimum absolute atomic E-state index is 0.0126. The molecule has 32 heavy (non-hydrogen) atoms. The topological polar surface area (TPSA) is 52.7 Å². The van der Waals surface area contributed by atoms with Crippen molar-refractivity contribution in [1.29, 1.82) is 0 Å². The number of nitrogens with zero attached hydrogens (tertiary/aromatic N) is 2. The normalized spacial score (nSPS) is 34.2. The van der Waals surface area contributed by atoms with Crippen molar-refractivity contribution < 1.29 is 9.59 Å². The van der Waals surface area contributed by atoms with Crippen LogP contribution in [0.4, 0.5) is 0 Å². The summed E-state index contributed by atoms with van der Waals surface area (Å²) in [7, 11) is 4.00. The molecule has 1 aromatic rings. The van der Waals surface area contributed by atoms with Crippen molar-refractivity contribution in [2.45, 2.75) is 63.5 Å². The molecule has 5 aliphatic rings. The molecular formula is C26H36ClN3O2. The van der Waals surface area contributed by atoms with Crippen LogP contribution in [-0.2, 0) is 9.59 Å². The van der Waals surface area contributed by atoms with Crippen LogP contribution >= 0.6 is 11.6 Å². The second-order valence-corrected chi connectivity index (χ2v) is 11.5. The molecule has 5 fully saturated rings. The van der Waals surface area contributed by atoms with E-state index in [0.717, 1.165) is 62.0 Å². The van der Waals surface area contributed by atoms with E-state index in [4.69, 9.17) is 11.6 Å². The lowest BCUT2D eigenvalue weighted by molar-refractivity contribution is -0.160. The van der Waals surface area contributed by atoms with Gasteiger partial charge in [0.2, 0.25) is 11.8 Å². The Balaban J connectivity index is 1.27. The summed E-state index contributed by atoms with van der Waals surface area (Å²) >= 11 is 6.43. The zero-order valence-electron chi connectivity index (χ0n) is 19.4. The Morgan fingerprint density at radius 3 is 2.34 bits per heavy atom. The van der Waals surface area contributed by atoms with Crippen LogP contribution in [0.5, 0.6) is 0 Å². The average Bonchev–Trinajstić information content (AvgIpc) is 3.23. The van der Waals surface area contributed by atoms with E-state index in [1.165, 1.54) is 19.3 Å². The lowest BCUT2D eigenvalue weighted by Crippen LogP contribution is -2.57. The zero-order valence-corrected chi connectivity index (χ0v) is 20.1. The maximum absolute atomic E-state index is 13.8. The first-order valence-electron chi connectivity index (χ1n) is 12.4. The van der Waals surface area contributed by atoms with Gasteiger partial charge in [-0.3, -0.25) is 9.59 Å². The van der Waals surface area contributed by atoms with Crippen molar-refractivity contribution in [3.05, 3.63) is 34.9 Å². The molecule has 174 valence electrons. The minimum atomic E-state index is -0.329. The highest BCUT2D eigenvalue weighted by Crippen LogP contribution is 2.60. The summed E-state index contributed by atoms with van der Waals surface area (Å²) in [5.74, 6) is 2.47. The summed E-state index contributed by atoms with van der Waals surface area (Å²) in [5.41, 5.74) is 0.828. The fourth-order valence-electron chi connectivity index (χ4n) is 7.59. The first-order chi connectivity index (χ1) is 15.4. The third-order valence-corrected chi connectivity index (χ3v) is 9.01. The van der Waals surface area contributed by atoms with Crippen LogP contribution in [0.3, 0.4) is 0 Å². The molecule has 4 bridgehead atoms. The van der Waals surface area contributed by atoms with E-state index in [9.17, 15) is 9.59 Å². The first kappa shape index (κ1) is 22.2. The Hall–Kier alpha value is -1.59. The molecule has 1 N–H and O–H groups in total. The number of hydrogen-bond donors (Lipinski definition) is 1. The number of benzene rings is 1. The van der Waals surface area contributed by atoms with Gasteiger partial charge in [-0.05, 0) is 94.8 Å². The molecule has 0 aromatic heterocycles. The van der Waals surface area contributed by atoms with E-state index in [0.29, 0.717) is 11.6 Å². The average molecular weight is 458 g/mol. The maximum Gasteiger partial charge on any atom is 0.242 e. The number of likely N-dealkylation sites (tertiary alicyclic amines) is 1. The largest absolute Gasteiger partial charge is 0.352 e. The summed E-state index contributed by atoms with van der Waals surface area (Å²) in [6.07, 6.45) is 8.81. The van der Waals surface area contributed by atoms with Gasteiger partial charge in [0.25, 0.3) is 0 Å². The van der Waals surface area contributed by atoms with Crippen LogP contribution in [0.1, 0.15) is 63.0 Å². The Labute approximate surface area is 196 Å². The Morgan fingerprint density at radius 2 is 1.75 bits per heavy atom. The summed E-state index contributed by atoms with van der Waals surface area (Å²) in [4.78, 5) is 31.1. The van der Waals surface area contributed by atoms with Crippen LogP contribution in [0.2, 0.25) is 5.02 Å². The van der Waals surface area contributed by atoms with Crippen molar-refractivity contribution in [2.24, 2.45) is 23.2 Å². The van der Waals surface area contributed by atoms with Gasteiger partial charge in [0.1, 0.15) is 6.04 Å². The van der Waals surface area contributed by atoms with Crippen LogP contribution in [0, 0.1) is 23.2 Å². The van der Waals surface area contributed by atoms with Crippen LogP contribution in [0.25, 0.3) is 0 Å². The summed E-state index contributed by atoms with van der Waals surface area (Å²) in [5, 5.41) is 3.87. The zero-order chi connectivity index (χ0) is 22.5. The Bertz CT molecular complexity index is 850. The molecule has 0 radical (unpaired) electrons. The van der Waals surface area contributed by atoms with Gasteiger partial charge >= 0.3 is 0 Å². The molecular weight excluding hydrogens is 422 g/mol. The summed E-state index contributed by atoms with van der Waals surface area (Å²) in [6, 6.07) is 7.45. The monoisotopic (exact) mass is 457 g/mol. The molecule has 1 aromatic carbocycles. The maximum atomic E-state index is 13.8. The van der Waals surface area contributed by atoms with Crippen molar-refractivity contribution in [1.82, 2.24) is 15.1 Å². The molecule has 1 heterocycles. The lowest BCUT2D eigenvalue weighted by atomic mass is 9.49. The van der Waals surface area contributed by atoms with E-state index in [2.05, 4.69) is 10.2 Å². The molecule has 2 unspecified atom stereocenters. The highest BCUT2D eigenvalue weighted by Gasteiger charge is 2.56. The molecule has 2 amide bonds. The molecule has 4 aliphatic carbocycles. The van der Waals surface area contributed by atoms with Crippen molar-refractivity contribution in [3.8, 4) is 0 Å². The highest BCUT2D eigenvalue weighted by atomic mass is 35.5. The van der Waals surface area contributed by atoms with Gasteiger partial charge < -0.3 is 15.1 Å². The minimum Gasteiger partial charge on any atom is -0.352 e. The Kier molecular flexibility index (Phi) is 6.00. The summed E-state index contributed by atoms with van der Waals surface area (Å²) < 4.78 is 0. The number of halogens is 1. The van der Waals surface area contributed by atoms with Crippen molar-refractivity contribution in [3.63, 3.8) is 0 Å². The smallest absolute Gasteiger partial charge is 0.242 e. The molecule has 0 spiro atoms. The highest BCUT2D eigenvalue weighted by molar-refractivity contribution is 6.31. The van der Waals surface area contributed by atoms with Crippen molar-refractivity contribution >= 4 is 23.4 Å². The summed E-state index contributed by atoms with van der Waals surface area (Å²) in [6.45, 7) is 1.20. The van der Waals surface area contributed by atoms with Gasteiger partial charge in [-0.15, -0.1) is 0 Å². The van der Waals surface area contributed by atoms with Crippen LogP contribution in [-0.4, -0.2) is 54.8 Å². The second kappa shape index (κ2) is 8.64. The van der Waals surface area contributed by atoms with E-state index >= 15 is 0 Å². The molecule has 6 heteroatoms. The lowest BCUT2D eigenvalue weighted by Gasteiger charge is -2.56. The van der Waals surface area contributed by atoms with Gasteiger partial charge in [-0.2, -0.15) is 0 Å². The number of nitrogens with one attached hydrogen (secondary N) is 1. The number of hydrogen-bond acceptors (Lipinski definition) is 3. The first-order valence-corrected chi connectivity index (χ1v) is 12.7. The number of likely N-dealkylation sites (N-methyl/N-ethyl adjacent to an activating group) is 1. The fraction of sp³-hybridized carbons (Fsp3) is 0.692. The van der Waals surface area contributed by atoms with E-state index in [-0.39, 0.29) is 29.3 Å². The second-order valence-electron chi connectivity index (χ2n) is 11.1. The van der Waals surface area contributed by atoms with Gasteiger partial charge in [0.15, 0.2) is 0 Å². The van der Waals surface area contributed by atoms with E-state index in [1.54, 1.807) is 0 Å². The molecule has 5 nitrogen and oxygen atoms in total. The third kappa shape index (κ3) is 3.96. The number of amides is 2. The van der Waals surface area contributed by atoms with Crippen LogP contribution in [0.15, 0.2) is 24.3 Å². The standard InChI is InChI=1S/C26H36ClN3O2/c1-29(2)23(20-6-3-4-7-21(20)27)16-28-24(31)22-8-5-9-30(22)25(32)26-13-17-10-18(14-26)12-19(11-17)15-26/h3-4,6-7,17-19,22-23H,5,8-16H2,1-2H3,(H,28,31). The van der Waals surface area contributed by atoms with Gasteiger partial charge in [0.05, 0.1) is 11.5 Å². The van der Waals surface area contributed by atoms with Crippen LogP contribution < -0.4 is 5.32 Å². The molecule has 6 rings (SSSR count). The fourth-order valence-corrected chi connectivity index (χ4v) is 7.85. The van der Waals surface area contributed by atoms with Crippen molar-refractivity contribution in [2.75, 3.05) is 27.2 Å². The molecule has 2 atom stereocenters. The predicted molar refractivity (Wildman–Crippen MR) is 126 cm³/mol. The number of rotatable bonds is 6. The quantitative estimate of drug-likeness (QED) is 0.694. The predicted octanol–water partition coefficient (Wildman–Crippen LogP) is 4.27. The number of carbonyl (C=O) groups excluding carboxylic acids is 2. The SMILES string of the molecule is CN(C)C(CNC(=O)C1CCCN1C(=O)C12CC3CC(CC(C3)C1)C2)c1ccccc1Cl. The number of carbonyl (C=O) groups is 2.